The summed E-state index contributed by atoms with van der Waals surface area (Å²) in [7, 11) is 0. The monoisotopic (exact) mass is 528 g/mol. The molecule has 0 spiro atoms. The molecule has 2 aromatic rings. The molecule has 1 fully saturated rings. The van der Waals surface area contributed by atoms with Gasteiger partial charge in [-0.05, 0) is 74.4 Å². The first-order valence-corrected chi connectivity index (χ1v) is 12.4. The summed E-state index contributed by atoms with van der Waals surface area (Å²) in [5.74, 6) is 0.116. The van der Waals surface area contributed by atoms with Crippen LogP contribution in [0, 0.1) is 0 Å². The summed E-state index contributed by atoms with van der Waals surface area (Å²) < 4.78 is 0. The number of benzene rings is 1. The summed E-state index contributed by atoms with van der Waals surface area (Å²) in [4.78, 5) is 36.3. The Bertz CT molecular complexity index is 1170. The summed E-state index contributed by atoms with van der Waals surface area (Å²) in [6.07, 6.45) is 7.63. The Kier molecular flexibility index (Phi) is 9.90. The van der Waals surface area contributed by atoms with Gasteiger partial charge in [-0.1, -0.05) is 29.3 Å². The standard InChI is InChI=1S/C26H30Cl2N6O2/c1-3-23(31-15-18-6-7-21(27)22(28)13-18)33-25(35)24(17(2)14-29)32-20-8-11-34(12-9-20)26(36)19-5-4-10-30-16-19/h3-7,10,13-14,16,20,31H,8-9,11-12,15,29H2,1-2H3,(H,33,35)/b17-14?,23-3+,32-24?. The molecular weight excluding hydrogens is 499 g/mol. The van der Waals surface area contributed by atoms with Gasteiger partial charge in [0.2, 0.25) is 0 Å². The van der Waals surface area contributed by atoms with Crippen molar-refractivity contribution in [2.45, 2.75) is 39.3 Å². The number of allylic oxidation sites excluding steroid dienone is 1. The summed E-state index contributed by atoms with van der Waals surface area (Å²) >= 11 is 12.1. The third-order valence-electron chi connectivity index (χ3n) is 5.81. The number of nitrogens with zero attached hydrogens (tertiary/aromatic N) is 3. The number of nitrogens with one attached hydrogen (secondary N) is 2. The Labute approximate surface area is 221 Å². The fourth-order valence-corrected chi connectivity index (χ4v) is 4.04. The molecule has 1 aliphatic heterocycles. The van der Waals surface area contributed by atoms with Crippen LogP contribution in [0.15, 0.2) is 71.4 Å². The maximum absolute atomic E-state index is 13.1. The van der Waals surface area contributed by atoms with Crippen molar-refractivity contribution in [3.8, 4) is 0 Å². The molecule has 190 valence electrons. The Morgan fingerprint density at radius 1 is 1.22 bits per heavy atom. The normalized spacial score (nSPS) is 15.6. The third kappa shape index (κ3) is 7.32. The van der Waals surface area contributed by atoms with Crippen LogP contribution in [0.3, 0.4) is 0 Å². The number of likely N-dealkylation sites (tertiary alicyclic amines) is 1. The summed E-state index contributed by atoms with van der Waals surface area (Å²) in [5, 5.41) is 7.00. The van der Waals surface area contributed by atoms with Crippen molar-refractivity contribution in [2.75, 3.05) is 13.1 Å². The van der Waals surface area contributed by atoms with Crippen LogP contribution in [0.25, 0.3) is 0 Å². The largest absolute Gasteiger partial charge is 0.404 e. The molecule has 0 unspecified atom stereocenters. The van der Waals surface area contributed by atoms with Crippen molar-refractivity contribution in [3.05, 3.63) is 87.6 Å². The van der Waals surface area contributed by atoms with Crippen LogP contribution < -0.4 is 16.4 Å². The van der Waals surface area contributed by atoms with Crippen molar-refractivity contribution in [3.63, 3.8) is 0 Å². The number of amides is 2. The Morgan fingerprint density at radius 2 is 1.97 bits per heavy atom. The van der Waals surface area contributed by atoms with Gasteiger partial charge in [0, 0.05) is 32.0 Å². The highest BCUT2D eigenvalue weighted by Crippen LogP contribution is 2.22. The minimum atomic E-state index is -0.363. The summed E-state index contributed by atoms with van der Waals surface area (Å²) in [6.45, 7) is 5.10. The average molecular weight is 529 g/mol. The number of halogens is 2. The molecule has 8 nitrogen and oxygen atoms in total. The fraction of sp³-hybridized carbons (Fsp3) is 0.308. The van der Waals surface area contributed by atoms with E-state index >= 15 is 0 Å². The highest BCUT2D eigenvalue weighted by atomic mass is 35.5. The molecule has 1 aliphatic rings. The molecule has 36 heavy (non-hydrogen) atoms. The average Bonchev–Trinajstić information content (AvgIpc) is 2.91. The molecule has 2 heterocycles. The predicted octanol–water partition coefficient (Wildman–Crippen LogP) is 4.06. The quantitative estimate of drug-likeness (QED) is 0.447. The zero-order chi connectivity index (χ0) is 26.1. The number of rotatable bonds is 8. The molecule has 3 rings (SSSR count). The molecule has 0 aliphatic carbocycles. The smallest absolute Gasteiger partial charge is 0.275 e. The van der Waals surface area contributed by atoms with Crippen molar-refractivity contribution in [2.24, 2.45) is 10.7 Å². The van der Waals surface area contributed by atoms with Crippen LogP contribution in [-0.2, 0) is 11.3 Å². The van der Waals surface area contributed by atoms with E-state index in [0.717, 1.165) is 5.56 Å². The van der Waals surface area contributed by atoms with Crippen molar-refractivity contribution in [1.82, 2.24) is 20.5 Å². The van der Waals surface area contributed by atoms with Gasteiger partial charge in [-0.25, -0.2) is 0 Å². The lowest BCUT2D eigenvalue weighted by molar-refractivity contribution is -0.114. The van der Waals surface area contributed by atoms with E-state index in [1.54, 1.807) is 54.6 Å². The second-order valence-electron chi connectivity index (χ2n) is 8.35. The number of piperidine rings is 1. The van der Waals surface area contributed by atoms with E-state index in [0.29, 0.717) is 59.5 Å². The number of hydrogen-bond acceptors (Lipinski definition) is 6. The van der Waals surface area contributed by atoms with Crippen LogP contribution in [0.2, 0.25) is 10.0 Å². The van der Waals surface area contributed by atoms with Gasteiger partial charge in [0.15, 0.2) is 0 Å². The van der Waals surface area contributed by atoms with Gasteiger partial charge in [-0.3, -0.25) is 19.6 Å². The minimum Gasteiger partial charge on any atom is -0.404 e. The molecule has 10 heteroatoms. The van der Waals surface area contributed by atoms with E-state index in [2.05, 4.69) is 15.6 Å². The van der Waals surface area contributed by atoms with Crippen LogP contribution in [0.4, 0.5) is 0 Å². The Balaban J connectivity index is 1.62. The van der Waals surface area contributed by atoms with Crippen LogP contribution in [-0.4, -0.2) is 46.5 Å². The Hall–Kier alpha value is -3.36. The van der Waals surface area contributed by atoms with E-state index in [1.807, 2.05) is 13.0 Å². The van der Waals surface area contributed by atoms with Crippen LogP contribution in [0.5, 0.6) is 0 Å². The zero-order valence-electron chi connectivity index (χ0n) is 20.3. The number of carbonyl (C=O) groups is 2. The second kappa shape index (κ2) is 13.1. The summed E-state index contributed by atoms with van der Waals surface area (Å²) in [6, 6.07) is 8.75. The molecular formula is C26H30Cl2N6O2. The van der Waals surface area contributed by atoms with E-state index in [1.165, 1.54) is 6.20 Å². The van der Waals surface area contributed by atoms with Gasteiger partial charge in [0.1, 0.15) is 11.5 Å². The first-order valence-electron chi connectivity index (χ1n) is 11.6. The Morgan fingerprint density at radius 3 is 2.58 bits per heavy atom. The highest BCUT2D eigenvalue weighted by molar-refractivity contribution is 6.45. The molecule has 1 saturated heterocycles. The number of nitrogens with two attached hydrogens (primary N) is 1. The number of aromatic nitrogens is 1. The first kappa shape index (κ1) is 27.2. The van der Waals surface area contributed by atoms with E-state index < -0.39 is 0 Å². The van der Waals surface area contributed by atoms with Gasteiger partial charge in [-0.2, -0.15) is 0 Å². The van der Waals surface area contributed by atoms with Gasteiger partial charge in [0.25, 0.3) is 11.8 Å². The van der Waals surface area contributed by atoms with Gasteiger partial charge < -0.3 is 21.3 Å². The van der Waals surface area contributed by atoms with Gasteiger partial charge in [0.05, 0.1) is 21.7 Å². The molecule has 4 N–H and O–H groups in total. The maximum atomic E-state index is 13.1. The number of carbonyl (C=O) groups excluding carboxylic acids is 2. The molecule has 0 radical (unpaired) electrons. The van der Waals surface area contributed by atoms with Gasteiger partial charge in [-0.15, -0.1) is 0 Å². The predicted molar refractivity (Wildman–Crippen MR) is 144 cm³/mol. The number of aliphatic imine (C=N–C) groups is 1. The lowest BCUT2D eigenvalue weighted by atomic mass is 10.0. The second-order valence-corrected chi connectivity index (χ2v) is 9.17. The maximum Gasteiger partial charge on any atom is 0.275 e. The third-order valence-corrected chi connectivity index (χ3v) is 6.55. The first-order chi connectivity index (χ1) is 17.3. The molecule has 1 aromatic carbocycles. The molecule has 0 saturated carbocycles. The van der Waals surface area contributed by atoms with Crippen LogP contribution >= 0.6 is 23.2 Å². The van der Waals surface area contributed by atoms with E-state index in [9.17, 15) is 9.59 Å². The van der Waals surface area contributed by atoms with Crippen molar-refractivity contribution >= 4 is 40.7 Å². The van der Waals surface area contributed by atoms with E-state index in [4.69, 9.17) is 33.9 Å². The fourth-order valence-electron chi connectivity index (χ4n) is 3.72. The van der Waals surface area contributed by atoms with E-state index in [-0.39, 0.29) is 23.6 Å². The topological polar surface area (TPSA) is 113 Å². The SMILES string of the molecule is C/C=C(\NCc1ccc(Cl)c(Cl)c1)NC(=O)C(=NC1CCN(C(=O)c2cccnc2)CC1)C(C)=CN. The van der Waals surface area contributed by atoms with Crippen LogP contribution in [0.1, 0.15) is 42.6 Å². The minimum absolute atomic E-state index is 0.0488. The molecule has 0 bridgehead atoms. The zero-order valence-corrected chi connectivity index (χ0v) is 21.8. The number of hydrogen-bond donors (Lipinski definition) is 3. The molecule has 1 aromatic heterocycles. The van der Waals surface area contributed by atoms with Crippen molar-refractivity contribution in [1.29, 1.82) is 0 Å². The van der Waals surface area contributed by atoms with Gasteiger partial charge >= 0.3 is 0 Å². The lowest BCUT2D eigenvalue weighted by Gasteiger charge is -2.30. The highest BCUT2D eigenvalue weighted by Gasteiger charge is 2.25. The molecule has 0 atom stereocenters. The molecule has 2 amide bonds. The summed E-state index contributed by atoms with van der Waals surface area (Å²) in [5.41, 5.74) is 8.05. The lowest BCUT2D eigenvalue weighted by Crippen LogP contribution is -2.41. The number of pyridine rings is 1. The van der Waals surface area contributed by atoms with Crippen molar-refractivity contribution < 1.29 is 9.59 Å².